The second-order valence-corrected chi connectivity index (χ2v) is 4.89. The molecule has 0 amide bonds. The maximum Gasteiger partial charge on any atom is 0.153 e. The number of fused-ring (bicyclic) bond motifs is 1. The molecule has 1 fully saturated rings. The number of ether oxygens (including phenoxy) is 1. The van der Waals surface area contributed by atoms with Crippen LogP contribution in [0.2, 0.25) is 5.02 Å². The summed E-state index contributed by atoms with van der Waals surface area (Å²) in [6.07, 6.45) is 0.845. The first kappa shape index (κ1) is 12.4. The van der Waals surface area contributed by atoms with Crippen molar-refractivity contribution in [2.24, 2.45) is 0 Å². The van der Waals surface area contributed by atoms with E-state index in [1.165, 1.54) is 0 Å². The molecule has 98 valence electrons. The molecule has 4 nitrogen and oxygen atoms in total. The average molecular weight is 277 g/mol. The van der Waals surface area contributed by atoms with Crippen molar-refractivity contribution in [3.63, 3.8) is 0 Å². The molecule has 2 heterocycles. The van der Waals surface area contributed by atoms with Crippen LogP contribution in [0.25, 0.3) is 10.9 Å². The summed E-state index contributed by atoms with van der Waals surface area (Å²) in [7, 11) is 0. The molecule has 0 saturated carbocycles. The summed E-state index contributed by atoms with van der Waals surface area (Å²) < 4.78 is 5.32. The van der Waals surface area contributed by atoms with Crippen molar-refractivity contribution < 1.29 is 9.53 Å². The summed E-state index contributed by atoms with van der Waals surface area (Å²) in [5.41, 5.74) is 1.44. The summed E-state index contributed by atoms with van der Waals surface area (Å²) in [6.45, 7) is 2.84. The molecule has 3 rings (SSSR count). The van der Waals surface area contributed by atoms with Gasteiger partial charge in [-0.25, -0.2) is 4.98 Å². The SMILES string of the molecule is O=Cc1cc2cc(Cl)ccc2nc1N1CCOCC1. The summed E-state index contributed by atoms with van der Waals surface area (Å²) in [5, 5.41) is 1.52. The lowest BCUT2D eigenvalue weighted by Gasteiger charge is -2.28. The fourth-order valence-electron chi connectivity index (χ4n) is 2.27. The molecule has 0 aliphatic carbocycles. The Morgan fingerprint density at radius 3 is 2.79 bits per heavy atom. The highest BCUT2D eigenvalue weighted by molar-refractivity contribution is 6.31. The third-order valence-electron chi connectivity index (χ3n) is 3.22. The Balaban J connectivity index is 2.11. The van der Waals surface area contributed by atoms with Gasteiger partial charge < -0.3 is 9.64 Å². The van der Waals surface area contributed by atoms with Gasteiger partial charge in [0.1, 0.15) is 5.82 Å². The van der Waals surface area contributed by atoms with E-state index in [1.54, 1.807) is 6.07 Å². The van der Waals surface area contributed by atoms with Crippen LogP contribution in [-0.4, -0.2) is 37.6 Å². The van der Waals surface area contributed by atoms with Crippen molar-refractivity contribution >= 4 is 34.6 Å². The van der Waals surface area contributed by atoms with Gasteiger partial charge in [0.15, 0.2) is 6.29 Å². The van der Waals surface area contributed by atoms with E-state index < -0.39 is 0 Å². The molecule has 1 aliphatic rings. The first-order valence-corrected chi connectivity index (χ1v) is 6.54. The van der Waals surface area contributed by atoms with Crippen LogP contribution >= 0.6 is 11.6 Å². The number of halogens is 1. The minimum Gasteiger partial charge on any atom is -0.378 e. The maximum absolute atomic E-state index is 11.3. The third kappa shape index (κ3) is 2.41. The van der Waals surface area contributed by atoms with Gasteiger partial charge in [0, 0.05) is 23.5 Å². The van der Waals surface area contributed by atoms with Gasteiger partial charge >= 0.3 is 0 Å². The number of hydrogen-bond donors (Lipinski definition) is 0. The van der Waals surface area contributed by atoms with Crippen molar-refractivity contribution in [2.45, 2.75) is 0 Å². The number of rotatable bonds is 2. The predicted molar refractivity (Wildman–Crippen MR) is 75.2 cm³/mol. The fourth-order valence-corrected chi connectivity index (χ4v) is 2.45. The van der Waals surface area contributed by atoms with Crippen LogP contribution in [0.15, 0.2) is 24.3 Å². The third-order valence-corrected chi connectivity index (χ3v) is 3.46. The molecule has 1 saturated heterocycles. The first-order chi connectivity index (χ1) is 9.28. The van der Waals surface area contributed by atoms with Crippen molar-refractivity contribution in [3.8, 4) is 0 Å². The molecule has 1 aromatic heterocycles. The highest BCUT2D eigenvalue weighted by atomic mass is 35.5. The molecule has 19 heavy (non-hydrogen) atoms. The smallest absolute Gasteiger partial charge is 0.153 e. The highest BCUT2D eigenvalue weighted by Crippen LogP contribution is 2.25. The Hall–Kier alpha value is -1.65. The predicted octanol–water partition coefficient (Wildman–Crippen LogP) is 2.54. The van der Waals surface area contributed by atoms with E-state index in [1.807, 2.05) is 18.2 Å². The van der Waals surface area contributed by atoms with Gasteiger partial charge in [-0.3, -0.25) is 4.79 Å². The molecule has 2 aromatic rings. The van der Waals surface area contributed by atoms with E-state index in [-0.39, 0.29) is 0 Å². The van der Waals surface area contributed by atoms with Gasteiger partial charge in [-0.2, -0.15) is 0 Å². The lowest BCUT2D eigenvalue weighted by molar-refractivity contribution is 0.111. The van der Waals surface area contributed by atoms with E-state index >= 15 is 0 Å². The lowest BCUT2D eigenvalue weighted by Crippen LogP contribution is -2.37. The maximum atomic E-state index is 11.3. The number of anilines is 1. The van der Waals surface area contributed by atoms with Gasteiger partial charge in [0.05, 0.1) is 24.3 Å². The van der Waals surface area contributed by atoms with Gasteiger partial charge in [-0.15, -0.1) is 0 Å². The Labute approximate surface area is 115 Å². The average Bonchev–Trinajstić information content (AvgIpc) is 2.46. The van der Waals surface area contributed by atoms with Crippen LogP contribution < -0.4 is 4.90 Å². The second-order valence-electron chi connectivity index (χ2n) is 4.46. The number of hydrogen-bond acceptors (Lipinski definition) is 4. The standard InChI is InChI=1S/C14H13ClN2O2/c15-12-1-2-13-10(8-12)7-11(9-18)14(16-13)17-3-5-19-6-4-17/h1-2,7-9H,3-6H2. The molecule has 0 radical (unpaired) electrons. The van der Waals surface area contributed by atoms with Crippen LogP contribution in [0, 0.1) is 0 Å². The van der Waals surface area contributed by atoms with E-state index in [0.717, 1.165) is 36.1 Å². The lowest BCUT2D eigenvalue weighted by atomic mass is 10.1. The van der Waals surface area contributed by atoms with Crippen LogP contribution in [0.1, 0.15) is 10.4 Å². The topological polar surface area (TPSA) is 42.4 Å². The molecule has 1 aliphatic heterocycles. The highest BCUT2D eigenvalue weighted by Gasteiger charge is 2.17. The van der Waals surface area contributed by atoms with E-state index in [0.29, 0.717) is 23.8 Å². The minimum absolute atomic E-state index is 0.594. The minimum atomic E-state index is 0.594. The fraction of sp³-hybridized carbons (Fsp3) is 0.286. The van der Waals surface area contributed by atoms with Crippen LogP contribution in [0.3, 0.4) is 0 Å². The van der Waals surface area contributed by atoms with E-state index in [9.17, 15) is 4.79 Å². The Bertz CT molecular complexity index is 624. The number of carbonyl (C=O) groups is 1. The zero-order valence-electron chi connectivity index (χ0n) is 10.3. The van der Waals surface area contributed by atoms with Gasteiger partial charge in [0.2, 0.25) is 0 Å². The summed E-state index contributed by atoms with van der Waals surface area (Å²) in [6, 6.07) is 7.34. The van der Waals surface area contributed by atoms with Crippen LogP contribution in [0.5, 0.6) is 0 Å². The van der Waals surface area contributed by atoms with E-state index in [4.69, 9.17) is 16.3 Å². The monoisotopic (exact) mass is 276 g/mol. The molecule has 0 spiro atoms. The Kier molecular flexibility index (Phi) is 3.36. The number of benzene rings is 1. The van der Waals surface area contributed by atoms with Gasteiger partial charge in [0.25, 0.3) is 0 Å². The molecule has 0 N–H and O–H groups in total. The largest absolute Gasteiger partial charge is 0.378 e. The quantitative estimate of drug-likeness (QED) is 0.791. The molecular weight excluding hydrogens is 264 g/mol. The normalized spacial score (nSPS) is 15.7. The molecule has 1 aromatic carbocycles. The first-order valence-electron chi connectivity index (χ1n) is 6.16. The zero-order valence-corrected chi connectivity index (χ0v) is 11.1. The van der Waals surface area contributed by atoms with Crippen molar-refractivity contribution in [2.75, 3.05) is 31.2 Å². The Morgan fingerprint density at radius 2 is 2.05 bits per heavy atom. The van der Waals surface area contributed by atoms with E-state index in [2.05, 4.69) is 9.88 Å². The molecule has 0 unspecified atom stereocenters. The second kappa shape index (κ2) is 5.15. The number of nitrogens with zero attached hydrogens (tertiary/aromatic N) is 2. The van der Waals surface area contributed by atoms with Crippen LogP contribution in [0.4, 0.5) is 5.82 Å². The zero-order chi connectivity index (χ0) is 13.2. The summed E-state index contributed by atoms with van der Waals surface area (Å²) in [4.78, 5) is 17.9. The molecule has 0 atom stereocenters. The van der Waals surface area contributed by atoms with Gasteiger partial charge in [-0.1, -0.05) is 11.6 Å². The van der Waals surface area contributed by atoms with Crippen LogP contribution in [-0.2, 0) is 4.74 Å². The molecular formula is C14H13ClN2O2. The summed E-state index contributed by atoms with van der Waals surface area (Å²) >= 11 is 5.96. The Morgan fingerprint density at radius 1 is 1.26 bits per heavy atom. The molecule has 5 heteroatoms. The number of morpholine rings is 1. The van der Waals surface area contributed by atoms with Crippen molar-refractivity contribution in [3.05, 3.63) is 34.9 Å². The number of aldehydes is 1. The van der Waals surface area contributed by atoms with Crippen molar-refractivity contribution in [1.29, 1.82) is 0 Å². The summed E-state index contributed by atoms with van der Waals surface area (Å²) in [5.74, 6) is 0.730. The number of carbonyl (C=O) groups excluding carboxylic acids is 1. The number of aromatic nitrogens is 1. The van der Waals surface area contributed by atoms with Gasteiger partial charge in [-0.05, 0) is 24.3 Å². The molecule has 0 bridgehead atoms. The number of pyridine rings is 1. The van der Waals surface area contributed by atoms with Crippen molar-refractivity contribution in [1.82, 2.24) is 4.98 Å².